The van der Waals surface area contributed by atoms with Gasteiger partial charge in [0, 0.05) is 19.6 Å². The standard InChI is InChI=1S/C29H42N4O12/c1-5-16-17(8-7-15-11-33(9-10-34)12-18(25(38)39)21(15)32-29(30)31-3)19(26(40)41-4)14-43-27(16)45-28-24(42-6-2)23(37)22(36)20(13-35)44-28/h5,7-8,11,14,16-17,20,22-24,27-28,34-37H,1,6,9-10,12-13H2,2-4H3,(H,38,39)(H3,30,31,32)/p+1. The number of nitrogens with two attached hydrogens (primary N) is 1. The van der Waals surface area contributed by atoms with Crippen LogP contribution < -0.4 is 16.0 Å². The summed E-state index contributed by atoms with van der Waals surface area (Å²) in [5.41, 5.74) is 6.55. The Morgan fingerprint density at radius 2 is 2.00 bits per heavy atom. The van der Waals surface area contributed by atoms with Crippen LogP contribution in [0, 0.1) is 11.8 Å². The zero-order valence-electron chi connectivity index (χ0n) is 25.4. The monoisotopic (exact) mass is 639 g/mol. The highest BCUT2D eigenvalue weighted by molar-refractivity contribution is 5.92. The zero-order valence-corrected chi connectivity index (χ0v) is 25.4. The van der Waals surface area contributed by atoms with Gasteiger partial charge < -0.3 is 65.2 Å². The predicted molar refractivity (Wildman–Crippen MR) is 157 cm³/mol. The van der Waals surface area contributed by atoms with Gasteiger partial charge in [-0.3, -0.25) is 4.99 Å². The molecule has 3 aliphatic heterocycles. The smallest absolute Gasteiger partial charge is 0.339 e. The fourth-order valence-electron chi connectivity index (χ4n) is 5.26. The number of carboxylic acid groups (broad SMARTS) is 1. The Morgan fingerprint density at radius 3 is 2.58 bits per heavy atom. The first-order valence-electron chi connectivity index (χ1n) is 14.3. The maximum Gasteiger partial charge on any atom is 0.339 e. The van der Waals surface area contributed by atoms with Crippen molar-refractivity contribution in [2.45, 2.75) is 43.9 Å². The molecule has 3 heterocycles. The van der Waals surface area contributed by atoms with Crippen LogP contribution in [0.4, 0.5) is 0 Å². The van der Waals surface area contributed by atoms with Crippen LogP contribution in [-0.2, 0) is 33.3 Å². The zero-order chi connectivity index (χ0) is 33.3. The molecule has 0 aromatic carbocycles. The van der Waals surface area contributed by atoms with Gasteiger partial charge in [0.05, 0.1) is 49.3 Å². The van der Waals surface area contributed by atoms with E-state index in [0.29, 0.717) is 10.5 Å². The highest BCUT2D eigenvalue weighted by Gasteiger charge is 2.48. The number of aliphatic imine (C=N–C) groups is 1. The SMILES string of the molecule is C=CC1C(OC2OC(CO)C(O)C(O)C2OCC)OC=C(C(=O)OC)C1C=CC1=C[NH+](CCO)CC(C(=O)O)=C1NC(N)=NC. The molecule has 0 bridgehead atoms. The lowest BCUT2D eigenvalue weighted by atomic mass is 9.83. The van der Waals surface area contributed by atoms with Crippen LogP contribution in [0.3, 0.4) is 0 Å². The second kappa shape index (κ2) is 16.6. The molecule has 1 saturated heterocycles. The van der Waals surface area contributed by atoms with Gasteiger partial charge in [0.15, 0.2) is 12.2 Å². The summed E-state index contributed by atoms with van der Waals surface area (Å²) in [6.45, 7) is 5.20. The summed E-state index contributed by atoms with van der Waals surface area (Å²) in [7, 11) is 2.64. The second-order valence-electron chi connectivity index (χ2n) is 10.3. The third-order valence-electron chi connectivity index (χ3n) is 7.58. The molecule has 3 aliphatic rings. The quantitative estimate of drug-likeness (QED) is 0.0431. The van der Waals surface area contributed by atoms with Crippen LogP contribution in [-0.4, -0.2) is 127 Å². The summed E-state index contributed by atoms with van der Waals surface area (Å²) < 4.78 is 28.1. The van der Waals surface area contributed by atoms with Gasteiger partial charge in [-0.2, -0.15) is 0 Å². The van der Waals surface area contributed by atoms with E-state index in [1.165, 1.54) is 20.2 Å². The number of carbonyl (C=O) groups excluding carboxylic acids is 1. The second-order valence-corrected chi connectivity index (χ2v) is 10.3. The number of rotatable bonds is 13. The van der Waals surface area contributed by atoms with Crippen molar-refractivity contribution < 1.29 is 63.7 Å². The molecular weight excluding hydrogens is 596 g/mol. The summed E-state index contributed by atoms with van der Waals surface area (Å²) in [4.78, 5) is 29.6. The molecule has 0 radical (unpaired) electrons. The maximum absolute atomic E-state index is 12.8. The highest BCUT2D eigenvalue weighted by Crippen LogP contribution is 2.37. The first-order chi connectivity index (χ1) is 21.5. The van der Waals surface area contributed by atoms with Gasteiger partial charge in [-0.05, 0) is 6.92 Å². The van der Waals surface area contributed by atoms with Gasteiger partial charge in [0.2, 0.25) is 6.29 Å². The Morgan fingerprint density at radius 1 is 1.27 bits per heavy atom. The molecule has 16 heteroatoms. The first-order valence-corrected chi connectivity index (χ1v) is 14.3. The van der Waals surface area contributed by atoms with Crippen LogP contribution >= 0.6 is 0 Å². The molecule has 0 aromatic rings. The predicted octanol–water partition coefficient (Wildman–Crippen LogP) is -3.12. The minimum Gasteiger partial charge on any atom is -0.478 e. The molecule has 0 amide bonds. The van der Waals surface area contributed by atoms with E-state index in [0.717, 1.165) is 6.26 Å². The van der Waals surface area contributed by atoms with Crippen molar-refractivity contribution >= 4 is 17.9 Å². The van der Waals surface area contributed by atoms with Crippen molar-refractivity contribution in [3.63, 3.8) is 0 Å². The summed E-state index contributed by atoms with van der Waals surface area (Å²) in [6, 6.07) is 0. The fraction of sp³-hybridized carbons (Fsp3) is 0.552. The van der Waals surface area contributed by atoms with Crippen molar-refractivity contribution in [1.82, 2.24) is 5.32 Å². The maximum atomic E-state index is 12.8. The average Bonchev–Trinajstić information content (AvgIpc) is 3.03. The van der Waals surface area contributed by atoms with Crippen molar-refractivity contribution in [3.8, 4) is 0 Å². The minimum absolute atomic E-state index is 0.0000116. The number of carboxylic acids is 1. The van der Waals surface area contributed by atoms with Crippen molar-refractivity contribution in [3.05, 3.63) is 59.7 Å². The number of guanidine groups is 1. The normalized spacial score (nSPS) is 32.4. The van der Waals surface area contributed by atoms with Gasteiger partial charge in [-0.25, -0.2) is 9.59 Å². The Labute approximate surface area is 260 Å². The summed E-state index contributed by atoms with van der Waals surface area (Å²) in [6.07, 6.45) is -0.0913. The van der Waals surface area contributed by atoms with Crippen LogP contribution in [0.5, 0.6) is 0 Å². The third kappa shape index (κ3) is 8.36. The van der Waals surface area contributed by atoms with E-state index < -0.39 is 67.4 Å². The number of allylic oxidation sites excluding steroid dienone is 2. The minimum atomic E-state index is -1.45. The first kappa shape index (κ1) is 35.9. The lowest BCUT2D eigenvalue weighted by Gasteiger charge is -2.44. The highest BCUT2D eigenvalue weighted by atomic mass is 16.8. The molecule has 0 aliphatic carbocycles. The topological polar surface area (TPSA) is 236 Å². The number of hydrogen-bond acceptors (Lipinski definition) is 12. The summed E-state index contributed by atoms with van der Waals surface area (Å²) in [5.74, 6) is -3.52. The molecule has 16 nitrogen and oxygen atoms in total. The molecule has 0 spiro atoms. The largest absolute Gasteiger partial charge is 0.478 e. The van der Waals surface area contributed by atoms with Crippen molar-refractivity contribution in [1.29, 1.82) is 0 Å². The lowest BCUT2D eigenvalue weighted by Crippen LogP contribution is -3.09. The Kier molecular flexibility index (Phi) is 13.3. The number of methoxy groups -OCH3 is 1. The van der Waals surface area contributed by atoms with Gasteiger partial charge >= 0.3 is 11.9 Å². The number of carbonyl (C=O) groups is 2. The van der Waals surface area contributed by atoms with E-state index in [2.05, 4.69) is 16.9 Å². The molecule has 9 unspecified atom stereocenters. The molecule has 0 aromatic heterocycles. The number of quaternary nitrogens is 1. The number of nitrogens with one attached hydrogen (secondary N) is 2. The molecule has 9 N–H and O–H groups in total. The number of nitrogens with zero attached hydrogens (tertiary/aromatic N) is 1. The molecule has 1 fully saturated rings. The van der Waals surface area contributed by atoms with Crippen LogP contribution in [0.2, 0.25) is 0 Å². The number of aliphatic hydroxyl groups excluding tert-OH is 4. The third-order valence-corrected chi connectivity index (χ3v) is 7.58. The number of esters is 1. The van der Waals surface area contributed by atoms with Crippen molar-refractivity contribution in [2.24, 2.45) is 22.6 Å². The van der Waals surface area contributed by atoms with Gasteiger partial charge in [-0.15, -0.1) is 6.58 Å². The van der Waals surface area contributed by atoms with E-state index >= 15 is 0 Å². The van der Waals surface area contributed by atoms with E-state index in [1.807, 2.05) is 0 Å². The molecule has 45 heavy (non-hydrogen) atoms. The fourth-order valence-corrected chi connectivity index (χ4v) is 5.26. The molecule has 0 saturated carbocycles. The average molecular weight is 640 g/mol. The Hall–Kier alpha value is -3.61. The Balaban J connectivity index is 2.03. The molecule has 3 rings (SSSR count). The van der Waals surface area contributed by atoms with Gasteiger partial charge in [-0.1, -0.05) is 18.2 Å². The van der Waals surface area contributed by atoms with Crippen LogP contribution in [0.15, 0.2) is 64.7 Å². The molecule has 9 atom stereocenters. The molecular formula is C29H43N4O12+. The Bertz CT molecular complexity index is 1230. The number of ether oxygens (including phenoxy) is 5. The number of hydrogen-bond donors (Lipinski definition) is 8. The molecule has 250 valence electrons. The number of aliphatic carboxylic acids is 1. The number of aliphatic hydroxyl groups is 4. The lowest BCUT2D eigenvalue weighted by molar-refractivity contribution is -0.843. The van der Waals surface area contributed by atoms with Gasteiger partial charge in [0.1, 0.15) is 49.3 Å². The van der Waals surface area contributed by atoms with E-state index in [9.17, 15) is 35.1 Å². The van der Waals surface area contributed by atoms with E-state index in [1.54, 1.807) is 25.3 Å². The summed E-state index contributed by atoms with van der Waals surface area (Å²) >= 11 is 0. The van der Waals surface area contributed by atoms with E-state index in [-0.39, 0.29) is 49.1 Å². The summed E-state index contributed by atoms with van der Waals surface area (Å²) in [5, 5.41) is 53.0. The van der Waals surface area contributed by atoms with Gasteiger partial charge in [0.25, 0.3) is 0 Å². The van der Waals surface area contributed by atoms with Crippen LogP contribution in [0.1, 0.15) is 6.92 Å². The van der Waals surface area contributed by atoms with Crippen molar-refractivity contribution in [2.75, 3.05) is 47.1 Å². The van der Waals surface area contributed by atoms with Crippen LogP contribution in [0.25, 0.3) is 0 Å². The van der Waals surface area contributed by atoms with E-state index in [4.69, 9.17) is 29.4 Å².